The number of thiophene rings is 1. The number of aliphatic hydroxyl groups excluding tert-OH is 1. The first-order valence-electron chi connectivity index (χ1n) is 8.72. The van der Waals surface area contributed by atoms with Crippen molar-refractivity contribution < 1.29 is 19.4 Å². The largest absolute Gasteiger partial charge is 0.496 e. The third-order valence-electron chi connectivity index (χ3n) is 5.79. The highest BCUT2D eigenvalue weighted by molar-refractivity contribution is 7.12. The van der Waals surface area contributed by atoms with Crippen LogP contribution in [-0.4, -0.2) is 25.1 Å². The molecule has 3 aromatic rings. The summed E-state index contributed by atoms with van der Waals surface area (Å²) in [5, 5.41) is 14.0. The highest BCUT2D eigenvalue weighted by Gasteiger charge is 2.44. The number of carbonyl (C=O) groups is 1. The van der Waals surface area contributed by atoms with Gasteiger partial charge in [-0.15, -0.1) is 11.3 Å². The van der Waals surface area contributed by atoms with E-state index in [-0.39, 0.29) is 5.78 Å². The number of fused-ring (bicyclic) bond motifs is 3. The topological polar surface area (TPSA) is 55.8 Å². The first-order valence-corrected chi connectivity index (χ1v) is 9.60. The fraction of sp³-hybridized carbons (Fsp3) is 0.227. The van der Waals surface area contributed by atoms with Gasteiger partial charge in [-0.3, -0.25) is 4.79 Å². The van der Waals surface area contributed by atoms with Crippen molar-refractivity contribution in [3.8, 4) is 11.5 Å². The van der Waals surface area contributed by atoms with Gasteiger partial charge in [0.25, 0.3) is 0 Å². The number of benzene rings is 2. The fourth-order valence-electron chi connectivity index (χ4n) is 4.42. The van der Waals surface area contributed by atoms with Gasteiger partial charge in [0.15, 0.2) is 0 Å². The number of hydrogen-bond donors (Lipinski definition) is 1. The fourth-order valence-corrected chi connectivity index (χ4v) is 5.59. The van der Waals surface area contributed by atoms with Crippen molar-refractivity contribution in [1.29, 1.82) is 0 Å². The number of ether oxygens (including phenoxy) is 2. The van der Waals surface area contributed by atoms with Crippen molar-refractivity contribution in [3.05, 3.63) is 68.9 Å². The van der Waals surface area contributed by atoms with E-state index < -0.39 is 11.5 Å². The summed E-state index contributed by atoms with van der Waals surface area (Å²) in [5.41, 5.74) is 2.91. The lowest BCUT2D eigenvalue weighted by molar-refractivity contribution is 0.103. The minimum atomic E-state index is -0.664. The van der Waals surface area contributed by atoms with Gasteiger partial charge in [-0.25, -0.2) is 0 Å². The number of ketones is 1. The summed E-state index contributed by atoms with van der Waals surface area (Å²) < 4.78 is 11.1. The Labute approximate surface area is 160 Å². The zero-order valence-electron chi connectivity index (χ0n) is 15.2. The van der Waals surface area contributed by atoms with E-state index in [9.17, 15) is 9.90 Å². The van der Waals surface area contributed by atoms with Crippen LogP contribution in [0.1, 0.15) is 45.0 Å². The highest BCUT2D eigenvalue weighted by Crippen LogP contribution is 2.52. The second-order valence-electron chi connectivity index (χ2n) is 7.14. The van der Waals surface area contributed by atoms with E-state index in [0.29, 0.717) is 16.2 Å². The molecule has 0 fully saturated rings. The molecule has 1 N–H and O–H groups in total. The van der Waals surface area contributed by atoms with Gasteiger partial charge in [0.05, 0.1) is 25.2 Å². The number of carbonyl (C=O) groups excluding carboxylic acids is 1. The van der Waals surface area contributed by atoms with E-state index in [1.807, 2.05) is 41.8 Å². The lowest BCUT2D eigenvalue weighted by atomic mass is 9.65. The van der Waals surface area contributed by atoms with Gasteiger partial charge in [-0.2, -0.15) is 0 Å². The average Bonchev–Trinajstić information content (AvgIpc) is 3.15. The van der Waals surface area contributed by atoms with Gasteiger partial charge in [0.2, 0.25) is 5.78 Å². The molecule has 5 heteroatoms. The summed E-state index contributed by atoms with van der Waals surface area (Å²) in [6.45, 7) is 2.11. The molecule has 2 aromatic carbocycles. The molecule has 0 radical (unpaired) electrons. The van der Waals surface area contributed by atoms with E-state index in [0.717, 1.165) is 33.2 Å². The number of aliphatic hydroxyl groups is 1. The molecule has 0 saturated carbocycles. The normalized spacial score (nSPS) is 22.5. The zero-order valence-corrected chi connectivity index (χ0v) is 16.0. The minimum Gasteiger partial charge on any atom is -0.496 e. The van der Waals surface area contributed by atoms with Gasteiger partial charge < -0.3 is 14.6 Å². The second-order valence-corrected chi connectivity index (χ2v) is 8.02. The number of allylic oxidation sites excluding steroid dienone is 1. The maximum atomic E-state index is 13.3. The maximum Gasteiger partial charge on any atom is 0.203 e. The Balaban J connectivity index is 1.90. The van der Waals surface area contributed by atoms with Crippen LogP contribution >= 0.6 is 11.3 Å². The van der Waals surface area contributed by atoms with Crippen molar-refractivity contribution >= 4 is 27.9 Å². The Morgan fingerprint density at radius 1 is 1.11 bits per heavy atom. The summed E-state index contributed by atoms with van der Waals surface area (Å²) in [6.07, 6.45) is 3.16. The Hall–Kier alpha value is -2.63. The SMILES string of the molecule is COc1ccc(OC)c2cc3c(cc12)C(=O)c1scc2c1[C@]3(C)C=C[C@H]2O. The Morgan fingerprint density at radius 2 is 1.78 bits per heavy atom. The Morgan fingerprint density at radius 3 is 2.44 bits per heavy atom. The zero-order chi connectivity index (χ0) is 18.9. The smallest absolute Gasteiger partial charge is 0.203 e. The Kier molecular flexibility index (Phi) is 3.33. The number of rotatable bonds is 2. The second kappa shape index (κ2) is 5.44. The molecule has 1 heterocycles. The molecule has 4 nitrogen and oxygen atoms in total. The van der Waals surface area contributed by atoms with E-state index in [4.69, 9.17) is 9.47 Å². The molecule has 2 aliphatic carbocycles. The van der Waals surface area contributed by atoms with Gasteiger partial charge in [-0.1, -0.05) is 12.2 Å². The monoisotopic (exact) mass is 378 g/mol. The van der Waals surface area contributed by atoms with Gasteiger partial charge >= 0.3 is 0 Å². The molecule has 0 bridgehead atoms. The van der Waals surface area contributed by atoms with Gasteiger partial charge in [0.1, 0.15) is 11.5 Å². The van der Waals surface area contributed by atoms with Gasteiger partial charge in [0, 0.05) is 27.3 Å². The van der Waals surface area contributed by atoms with Crippen LogP contribution in [-0.2, 0) is 5.41 Å². The summed E-state index contributed by atoms with van der Waals surface area (Å²) in [6, 6.07) is 7.69. The van der Waals surface area contributed by atoms with Crippen LogP contribution in [0, 0.1) is 0 Å². The molecule has 0 saturated heterocycles. The minimum absolute atomic E-state index is 0.00278. The van der Waals surface area contributed by atoms with Crippen LogP contribution in [0.3, 0.4) is 0 Å². The molecule has 136 valence electrons. The molecule has 0 aliphatic heterocycles. The van der Waals surface area contributed by atoms with Crippen molar-refractivity contribution in [1.82, 2.24) is 0 Å². The quantitative estimate of drug-likeness (QED) is 0.673. The highest BCUT2D eigenvalue weighted by atomic mass is 32.1. The predicted octanol–water partition coefficient (Wildman–Crippen LogP) is 4.37. The first kappa shape index (κ1) is 16.5. The van der Waals surface area contributed by atoms with Crippen LogP contribution < -0.4 is 9.47 Å². The van der Waals surface area contributed by atoms with E-state index in [1.165, 1.54) is 11.3 Å². The summed E-state index contributed by atoms with van der Waals surface area (Å²) in [5.74, 6) is 1.45. The van der Waals surface area contributed by atoms with Crippen LogP contribution in [0.2, 0.25) is 0 Å². The third-order valence-corrected chi connectivity index (χ3v) is 6.79. The molecule has 5 rings (SSSR count). The summed E-state index contributed by atoms with van der Waals surface area (Å²) in [7, 11) is 3.26. The van der Waals surface area contributed by atoms with Crippen LogP contribution in [0.15, 0.2) is 41.8 Å². The molecule has 27 heavy (non-hydrogen) atoms. The van der Waals surface area contributed by atoms with E-state index in [1.54, 1.807) is 14.2 Å². The molecule has 1 aromatic heterocycles. The lowest BCUT2D eigenvalue weighted by Crippen LogP contribution is -2.33. The van der Waals surface area contributed by atoms with Crippen molar-refractivity contribution in [2.75, 3.05) is 14.2 Å². The van der Waals surface area contributed by atoms with E-state index >= 15 is 0 Å². The third kappa shape index (κ3) is 1.98. The molecule has 0 unspecified atom stereocenters. The van der Waals surface area contributed by atoms with Crippen LogP contribution in [0.5, 0.6) is 11.5 Å². The maximum absolute atomic E-state index is 13.3. The first-order chi connectivity index (χ1) is 13.0. The lowest BCUT2D eigenvalue weighted by Gasteiger charge is -2.37. The van der Waals surface area contributed by atoms with E-state index in [2.05, 4.69) is 6.92 Å². The average molecular weight is 378 g/mol. The summed E-state index contributed by atoms with van der Waals surface area (Å²) in [4.78, 5) is 14.0. The van der Waals surface area contributed by atoms with Crippen LogP contribution in [0.25, 0.3) is 10.8 Å². The number of methoxy groups -OCH3 is 2. The van der Waals surface area contributed by atoms with Crippen molar-refractivity contribution in [2.45, 2.75) is 18.4 Å². The summed E-state index contributed by atoms with van der Waals surface area (Å²) >= 11 is 1.41. The van der Waals surface area contributed by atoms with Gasteiger partial charge in [-0.05, 0) is 47.7 Å². The number of hydrogen-bond acceptors (Lipinski definition) is 5. The van der Waals surface area contributed by atoms with Crippen LogP contribution in [0.4, 0.5) is 0 Å². The van der Waals surface area contributed by atoms with Crippen molar-refractivity contribution in [2.24, 2.45) is 0 Å². The Bertz CT molecular complexity index is 1160. The molecular weight excluding hydrogens is 360 g/mol. The molecular formula is C22H18O4S. The van der Waals surface area contributed by atoms with Crippen molar-refractivity contribution in [3.63, 3.8) is 0 Å². The predicted molar refractivity (Wildman–Crippen MR) is 105 cm³/mol. The molecule has 0 amide bonds. The molecule has 2 aliphatic rings. The molecule has 0 spiro atoms. The standard InChI is InChI=1S/C22H18O4S/c1-22-7-6-16(23)14-10-27-21(19(14)22)20(24)13-8-11-12(9-15(13)22)18(26-3)5-4-17(11)25-2/h4-10,16,23H,1-3H3/t16-,22-/m1/s1. The molecule has 2 atom stereocenters.